The summed E-state index contributed by atoms with van der Waals surface area (Å²) in [7, 11) is 0. The van der Waals surface area contributed by atoms with Crippen LogP contribution >= 0.6 is 0 Å². The maximum absolute atomic E-state index is 13.4. The Morgan fingerprint density at radius 3 is 2.05 bits per heavy atom. The molecule has 0 aliphatic carbocycles. The summed E-state index contributed by atoms with van der Waals surface area (Å²) in [5.74, 6) is -7.20. The van der Waals surface area contributed by atoms with Crippen molar-refractivity contribution in [3.05, 3.63) is 58.9 Å². The predicted molar refractivity (Wildman–Crippen MR) is 60.7 cm³/mol. The Hall–Kier alpha value is -2.62. The first-order valence-corrected chi connectivity index (χ1v) is 5.23. The molecule has 7 heteroatoms. The van der Waals surface area contributed by atoms with Crippen LogP contribution in [0.25, 0.3) is 0 Å². The summed E-state index contributed by atoms with van der Waals surface area (Å²) in [5, 5.41) is 10.8. The van der Waals surface area contributed by atoms with Crippen molar-refractivity contribution < 1.29 is 22.0 Å². The Labute approximate surface area is 110 Å². The first kappa shape index (κ1) is 13.8. The fourth-order valence-electron chi connectivity index (χ4n) is 1.54. The van der Waals surface area contributed by atoms with Crippen molar-refractivity contribution in [2.45, 2.75) is 0 Å². The largest absolute Gasteiger partial charge is 0.349 e. The van der Waals surface area contributed by atoms with E-state index < -0.39 is 34.8 Å². The zero-order valence-electron chi connectivity index (χ0n) is 9.65. The predicted octanol–water partition coefficient (Wildman–Crippen LogP) is 4.00. The molecule has 0 amide bonds. The number of hydrogen-bond acceptors (Lipinski definition) is 2. The van der Waals surface area contributed by atoms with E-state index in [-0.39, 0.29) is 17.3 Å². The van der Waals surface area contributed by atoms with E-state index in [1.165, 1.54) is 0 Å². The van der Waals surface area contributed by atoms with E-state index in [1.807, 2.05) is 5.32 Å². The van der Waals surface area contributed by atoms with Crippen LogP contribution < -0.4 is 5.32 Å². The quantitative estimate of drug-likeness (QED) is 0.668. The molecule has 20 heavy (non-hydrogen) atoms. The normalized spacial score (nSPS) is 10.2. The van der Waals surface area contributed by atoms with Gasteiger partial charge in [-0.1, -0.05) is 0 Å². The highest BCUT2D eigenvalue weighted by atomic mass is 19.2. The lowest BCUT2D eigenvalue weighted by Crippen LogP contribution is -2.04. The molecule has 0 spiro atoms. The minimum Gasteiger partial charge on any atom is -0.349 e. The molecule has 0 radical (unpaired) electrons. The fraction of sp³-hybridized carbons (Fsp3) is 0. The van der Waals surface area contributed by atoms with Gasteiger partial charge in [-0.3, -0.25) is 0 Å². The minimum absolute atomic E-state index is 0.0612. The summed E-state index contributed by atoms with van der Waals surface area (Å²) in [6.45, 7) is 0. The lowest BCUT2D eigenvalue weighted by molar-refractivity contribution is 0.459. The summed E-state index contributed by atoms with van der Waals surface area (Å²) in [6, 6.07) is 4.41. The third-order valence-electron chi connectivity index (χ3n) is 2.47. The van der Waals surface area contributed by atoms with Gasteiger partial charge in [0.1, 0.15) is 17.6 Å². The number of nitriles is 1. The molecule has 2 nitrogen and oxygen atoms in total. The van der Waals surface area contributed by atoms with Gasteiger partial charge < -0.3 is 5.32 Å². The van der Waals surface area contributed by atoms with Crippen LogP contribution in [-0.2, 0) is 0 Å². The highest BCUT2D eigenvalue weighted by molar-refractivity contribution is 5.67. The van der Waals surface area contributed by atoms with Gasteiger partial charge in [0.25, 0.3) is 0 Å². The average Bonchev–Trinajstić information content (AvgIpc) is 2.42. The highest BCUT2D eigenvalue weighted by Crippen LogP contribution is 2.29. The van der Waals surface area contributed by atoms with E-state index in [4.69, 9.17) is 5.26 Å². The molecule has 0 saturated carbocycles. The van der Waals surface area contributed by atoms with Crippen molar-refractivity contribution >= 4 is 11.4 Å². The molecule has 0 aliphatic heterocycles. The molecule has 0 heterocycles. The molecule has 0 aromatic heterocycles. The standard InChI is InChI=1S/C13H5F5N2/c14-7-1-2-10(6(3-7)5-19)20-13-11(17)8(15)4-9(16)12(13)18/h1-4,20H. The zero-order chi connectivity index (χ0) is 14.9. The molecule has 2 aromatic carbocycles. The Bertz CT molecular complexity index is 695. The van der Waals surface area contributed by atoms with Crippen molar-refractivity contribution in [3.8, 4) is 6.07 Å². The van der Waals surface area contributed by atoms with Gasteiger partial charge in [-0.15, -0.1) is 0 Å². The monoisotopic (exact) mass is 284 g/mol. The summed E-state index contributed by atoms with van der Waals surface area (Å²) in [6.07, 6.45) is 0. The third-order valence-corrected chi connectivity index (χ3v) is 2.47. The van der Waals surface area contributed by atoms with E-state index in [1.54, 1.807) is 6.07 Å². The minimum atomic E-state index is -1.64. The summed E-state index contributed by atoms with van der Waals surface area (Å²) in [5.41, 5.74) is -1.55. The second kappa shape index (κ2) is 5.17. The zero-order valence-corrected chi connectivity index (χ0v) is 9.65. The number of hydrogen-bond donors (Lipinski definition) is 1. The molecule has 0 atom stereocenters. The van der Waals surface area contributed by atoms with Crippen molar-refractivity contribution in [2.75, 3.05) is 5.32 Å². The van der Waals surface area contributed by atoms with Crippen LogP contribution in [0.1, 0.15) is 5.56 Å². The van der Waals surface area contributed by atoms with Crippen molar-refractivity contribution in [1.29, 1.82) is 5.26 Å². The molecular weight excluding hydrogens is 279 g/mol. The number of nitrogens with zero attached hydrogens (tertiary/aromatic N) is 1. The van der Waals surface area contributed by atoms with Crippen LogP contribution in [0.5, 0.6) is 0 Å². The van der Waals surface area contributed by atoms with Gasteiger partial charge in [-0.2, -0.15) is 5.26 Å². The fourth-order valence-corrected chi connectivity index (χ4v) is 1.54. The Balaban J connectivity index is 2.54. The topological polar surface area (TPSA) is 35.8 Å². The summed E-state index contributed by atoms with van der Waals surface area (Å²) < 4.78 is 65.8. The van der Waals surface area contributed by atoms with Gasteiger partial charge in [0.2, 0.25) is 0 Å². The lowest BCUT2D eigenvalue weighted by Gasteiger charge is -2.11. The summed E-state index contributed by atoms with van der Waals surface area (Å²) in [4.78, 5) is 0. The molecule has 0 fully saturated rings. The average molecular weight is 284 g/mol. The van der Waals surface area contributed by atoms with Crippen molar-refractivity contribution in [3.63, 3.8) is 0 Å². The second-order valence-electron chi connectivity index (χ2n) is 3.77. The van der Waals surface area contributed by atoms with Gasteiger partial charge >= 0.3 is 0 Å². The number of rotatable bonds is 2. The van der Waals surface area contributed by atoms with Crippen LogP contribution in [-0.4, -0.2) is 0 Å². The van der Waals surface area contributed by atoms with Gasteiger partial charge in [0.05, 0.1) is 11.3 Å². The number of halogens is 5. The van der Waals surface area contributed by atoms with Gasteiger partial charge in [-0.05, 0) is 18.2 Å². The molecule has 102 valence electrons. The smallest absolute Gasteiger partial charge is 0.185 e. The van der Waals surface area contributed by atoms with Crippen LogP contribution in [0.3, 0.4) is 0 Å². The molecule has 0 aliphatic rings. The van der Waals surface area contributed by atoms with Gasteiger partial charge in [-0.25, -0.2) is 22.0 Å². The molecule has 0 unspecified atom stereocenters. The number of nitrogens with one attached hydrogen (secondary N) is 1. The van der Waals surface area contributed by atoms with Crippen LogP contribution in [0, 0.1) is 40.4 Å². The molecule has 1 N–H and O–H groups in total. The Kier molecular flexibility index (Phi) is 3.57. The maximum Gasteiger partial charge on any atom is 0.185 e. The van der Waals surface area contributed by atoms with Crippen LogP contribution in [0.2, 0.25) is 0 Å². The van der Waals surface area contributed by atoms with Gasteiger partial charge in [0.15, 0.2) is 23.3 Å². The van der Waals surface area contributed by atoms with Crippen molar-refractivity contribution in [2.24, 2.45) is 0 Å². The van der Waals surface area contributed by atoms with Crippen molar-refractivity contribution in [1.82, 2.24) is 0 Å². The number of anilines is 2. The van der Waals surface area contributed by atoms with E-state index in [9.17, 15) is 22.0 Å². The third kappa shape index (κ3) is 2.40. The molecule has 0 saturated heterocycles. The Morgan fingerprint density at radius 2 is 1.50 bits per heavy atom. The van der Waals surface area contributed by atoms with E-state index in [0.717, 1.165) is 18.2 Å². The summed E-state index contributed by atoms with van der Waals surface area (Å²) >= 11 is 0. The lowest BCUT2D eigenvalue weighted by atomic mass is 10.1. The molecule has 2 rings (SSSR count). The maximum atomic E-state index is 13.4. The van der Waals surface area contributed by atoms with Crippen LogP contribution in [0.4, 0.5) is 33.3 Å². The van der Waals surface area contributed by atoms with E-state index in [2.05, 4.69) is 0 Å². The highest BCUT2D eigenvalue weighted by Gasteiger charge is 2.20. The molecular formula is C13H5F5N2. The van der Waals surface area contributed by atoms with Crippen LogP contribution in [0.15, 0.2) is 24.3 Å². The first-order valence-electron chi connectivity index (χ1n) is 5.23. The molecule has 2 aromatic rings. The second-order valence-corrected chi connectivity index (χ2v) is 3.77. The Morgan fingerprint density at radius 1 is 0.900 bits per heavy atom. The SMILES string of the molecule is N#Cc1cc(F)ccc1Nc1c(F)c(F)cc(F)c1F. The van der Waals surface area contributed by atoms with Gasteiger partial charge in [0, 0.05) is 6.07 Å². The number of benzene rings is 2. The van der Waals surface area contributed by atoms with E-state index in [0.29, 0.717) is 0 Å². The van der Waals surface area contributed by atoms with E-state index >= 15 is 0 Å². The first-order chi connectivity index (χ1) is 9.43. The molecule has 0 bridgehead atoms.